The molecule has 0 amide bonds. The van der Waals surface area contributed by atoms with Crippen molar-refractivity contribution in [3.05, 3.63) is 11.6 Å². The van der Waals surface area contributed by atoms with E-state index >= 15 is 0 Å². The average molecular weight is 394 g/mol. The van der Waals surface area contributed by atoms with E-state index in [0.717, 1.165) is 37.9 Å². The smallest absolute Gasteiger partial charge is 0.317 e. The minimum atomic E-state index is -0.790. The van der Waals surface area contributed by atoms with Gasteiger partial charge in [-0.15, -0.1) is 10.2 Å². The number of carbonyl (C=O) groups is 2. The quantitative estimate of drug-likeness (QED) is 0.559. The third-order valence-corrected chi connectivity index (χ3v) is 4.56. The Balaban J connectivity index is 2.25. The SMILES string of the molecule is CCOC(=O)C(CC(=O)OC(C)(C)C)c1nnc(CCCC(C)C)n1C1CC1. The Morgan fingerprint density at radius 1 is 1.21 bits per heavy atom. The largest absolute Gasteiger partial charge is 0.465 e. The van der Waals surface area contributed by atoms with Gasteiger partial charge in [0.1, 0.15) is 23.2 Å². The van der Waals surface area contributed by atoms with Gasteiger partial charge in [0.2, 0.25) is 0 Å². The lowest BCUT2D eigenvalue weighted by Gasteiger charge is -2.22. The van der Waals surface area contributed by atoms with Crippen LogP contribution in [0.15, 0.2) is 0 Å². The van der Waals surface area contributed by atoms with Crippen LogP contribution in [0.1, 0.15) is 97.3 Å². The summed E-state index contributed by atoms with van der Waals surface area (Å²) in [6.07, 6.45) is 4.97. The van der Waals surface area contributed by atoms with E-state index < -0.39 is 23.5 Å². The zero-order valence-electron chi connectivity index (χ0n) is 18.2. The summed E-state index contributed by atoms with van der Waals surface area (Å²) in [5.74, 6) is 0.398. The first kappa shape index (κ1) is 22.4. The summed E-state index contributed by atoms with van der Waals surface area (Å²) >= 11 is 0. The maximum Gasteiger partial charge on any atom is 0.317 e. The number of nitrogens with zero attached hydrogens (tertiary/aromatic N) is 3. The second-order valence-electron chi connectivity index (χ2n) is 8.96. The fraction of sp³-hybridized carbons (Fsp3) is 0.810. The number of hydrogen-bond acceptors (Lipinski definition) is 6. The fourth-order valence-electron chi connectivity index (χ4n) is 3.22. The number of carbonyl (C=O) groups excluding carboxylic acids is 2. The first-order valence-corrected chi connectivity index (χ1v) is 10.4. The molecule has 1 aliphatic carbocycles. The lowest BCUT2D eigenvalue weighted by Crippen LogP contribution is -2.28. The highest BCUT2D eigenvalue weighted by molar-refractivity contribution is 5.83. The van der Waals surface area contributed by atoms with Crippen LogP contribution in [-0.4, -0.2) is 38.9 Å². The third-order valence-electron chi connectivity index (χ3n) is 4.56. The predicted octanol–water partition coefficient (Wildman–Crippen LogP) is 3.97. The zero-order valence-corrected chi connectivity index (χ0v) is 18.2. The van der Waals surface area contributed by atoms with Crippen LogP contribution in [0.3, 0.4) is 0 Å². The fourth-order valence-corrected chi connectivity index (χ4v) is 3.22. The molecule has 1 unspecified atom stereocenters. The van der Waals surface area contributed by atoms with Crippen molar-refractivity contribution in [2.75, 3.05) is 6.61 Å². The molecule has 0 aliphatic heterocycles. The summed E-state index contributed by atoms with van der Waals surface area (Å²) in [6, 6.07) is 0.314. The van der Waals surface area contributed by atoms with E-state index in [1.807, 2.05) is 20.8 Å². The van der Waals surface area contributed by atoms with Gasteiger partial charge in [0, 0.05) is 12.5 Å². The van der Waals surface area contributed by atoms with E-state index in [0.29, 0.717) is 17.8 Å². The van der Waals surface area contributed by atoms with Crippen molar-refractivity contribution in [2.24, 2.45) is 5.92 Å². The van der Waals surface area contributed by atoms with Crippen molar-refractivity contribution in [1.82, 2.24) is 14.8 Å². The van der Waals surface area contributed by atoms with Gasteiger partial charge in [-0.1, -0.05) is 20.3 Å². The molecule has 158 valence electrons. The summed E-state index contributed by atoms with van der Waals surface area (Å²) in [5, 5.41) is 8.71. The molecule has 1 saturated carbocycles. The Bertz CT molecular complexity index is 672. The molecule has 1 heterocycles. The average Bonchev–Trinajstić information content (AvgIpc) is 3.31. The highest BCUT2D eigenvalue weighted by atomic mass is 16.6. The number of aromatic nitrogens is 3. The van der Waals surface area contributed by atoms with Crippen LogP contribution < -0.4 is 0 Å². The highest BCUT2D eigenvalue weighted by Gasteiger charge is 2.37. The minimum absolute atomic E-state index is 0.0903. The van der Waals surface area contributed by atoms with Gasteiger partial charge in [-0.3, -0.25) is 9.59 Å². The number of aryl methyl sites for hydroxylation is 1. The lowest BCUT2D eigenvalue weighted by molar-refractivity contribution is -0.159. The third kappa shape index (κ3) is 6.60. The molecule has 1 aromatic rings. The van der Waals surface area contributed by atoms with Gasteiger partial charge in [-0.05, 0) is 52.9 Å². The standard InChI is InChI=1S/C21H35N3O4/c1-7-27-20(26)16(13-18(25)28-21(4,5)6)19-23-22-17(10-8-9-14(2)3)24(19)15-11-12-15/h14-16H,7-13H2,1-6H3. The molecule has 0 aromatic carbocycles. The van der Waals surface area contributed by atoms with Crippen molar-refractivity contribution in [1.29, 1.82) is 0 Å². The summed E-state index contributed by atoms with van der Waals surface area (Å²) in [5.41, 5.74) is -0.609. The van der Waals surface area contributed by atoms with Gasteiger partial charge in [0.25, 0.3) is 0 Å². The molecule has 0 N–H and O–H groups in total. The first-order valence-electron chi connectivity index (χ1n) is 10.4. The highest BCUT2D eigenvalue weighted by Crippen LogP contribution is 2.39. The van der Waals surface area contributed by atoms with Crippen LogP contribution in [0.4, 0.5) is 0 Å². The van der Waals surface area contributed by atoms with Crippen LogP contribution in [0.25, 0.3) is 0 Å². The van der Waals surface area contributed by atoms with Crippen molar-refractivity contribution in [3.63, 3.8) is 0 Å². The Kier molecular flexibility index (Phi) is 7.61. The van der Waals surface area contributed by atoms with E-state index in [1.165, 1.54) is 0 Å². The molecular formula is C21H35N3O4. The molecular weight excluding hydrogens is 358 g/mol. The van der Waals surface area contributed by atoms with Crippen LogP contribution in [0, 0.1) is 5.92 Å². The van der Waals surface area contributed by atoms with Crippen LogP contribution >= 0.6 is 0 Å². The van der Waals surface area contributed by atoms with Crippen molar-refractivity contribution < 1.29 is 19.1 Å². The molecule has 1 aromatic heterocycles. The number of hydrogen-bond donors (Lipinski definition) is 0. The predicted molar refractivity (Wildman–Crippen MR) is 106 cm³/mol. The Labute approximate surface area is 168 Å². The zero-order chi connectivity index (χ0) is 20.9. The molecule has 1 fully saturated rings. The maximum absolute atomic E-state index is 12.6. The Hall–Kier alpha value is -1.92. The van der Waals surface area contributed by atoms with E-state index in [9.17, 15) is 9.59 Å². The van der Waals surface area contributed by atoms with Crippen molar-refractivity contribution in [2.45, 2.75) is 97.6 Å². The van der Waals surface area contributed by atoms with Gasteiger partial charge < -0.3 is 14.0 Å². The molecule has 0 bridgehead atoms. The van der Waals surface area contributed by atoms with E-state index in [4.69, 9.17) is 9.47 Å². The Morgan fingerprint density at radius 3 is 2.43 bits per heavy atom. The van der Waals surface area contributed by atoms with E-state index in [-0.39, 0.29) is 13.0 Å². The molecule has 0 saturated heterocycles. The minimum Gasteiger partial charge on any atom is -0.465 e. The molecule has 2 rings (SSSR count). The summed E-state index contributed by atoms with van der Waals surface area (Å²) < 4.78 is 12.7. The molecule has 1 aliphatic rings. The molecule has 1 atom stereocenters. The van der Waals surface area contributed by atoms with E-state index in [2.05, 4.69) is 28.6 Å². The van der Waals surface area contributed by atoms with Gasteiger partial charge in [0.15, 0.2) is 0 Å². The van der Waals surface area contributed by atoms with Crippen LogP contribution in [0.5, 0.6) is 0 Å². The summed E-state index contributed by atoms with van der Waals surface area (Å²) in [4.78, 5) is 25.1. The molecule has 28 heavy (non-hydrogen) atoms. The van der Waals surface area contributed by atoms with Crippen LogP contribution in [-0.2, 0) is 25.5 Å². The molecule has 0 radical (unpaired) electrons. The number of rotatable bonds is 10. The summed E-state index contributed by atoms with van der Waals surface area (Å²) in [7, 11) is 0. The second kappa shape index (κ2) is 9.52. The second-order valence-corrected chi connectivity index (χ2v) is 8.96. The molecule has 7 heteroatoms. The number of esters is 2. The van der Waals surface area contributed by atoms with Gasteiger partial charge >= 0.3 is 11.9 Å². The number of ether oxygens (including phenoxy) is 2. The molecule has 0 spiro atoms. The lowest BCUT2D eigenvalue weighted by atomic mass is 10.0. The molecule has 7 nitrogen and oxygen atoms in total. The monoisotopic (exact) mass is 393 g/mol. The first-order chi connectivity index (χ1) is 13.1. The van der Waals surface area contributed by atoms with Gasteiger partial charge in [0.05, 0.1) is 13.0 Å². The topological polar surface area (TPSA) is 83.3 Å². The van der Waals surface area contributed by atoms with Gasteiger partial charge in [-0.25, -0.2) is 0 Å². The van der Waals surface area contributed by atoms with Crippen molar-refractivity contribution >= 4 is 11.9 Å². The maximum atomic E-state index is 12.6. The van der Waals surface area contributed by atoms with Crippen molar-refractivity contribution in [3.8, 4) is 0 Å². The van der Waals surface area contributed by atoms with Gasteiger partial charge in [-0.2, -0.15) is 0 Å². The van der Waals surface area contributed by atoms with Crippen LogP contribution in [0.2, 0.25) is 0 Å². The summed E-state index contributed by atoms with van der Waals surface area (Å²) in [6.45, 7) is 11.8. The normalized spacial score (nSPS) is 15.5. The Morgan fingerprint density at radius 2 is 1.89 bits per heavy atom. The van der Waals surface area contributed by atoms with E-state index in [1.54, 1.807) is 6.92 Å².